The van der Waals surface area contributed by atoms with Crippen LogP contribution in [0.1, 0.15) is 49.9 Å². The van der Waals surface area contributed by atoms with Gasteiger partial charge in [-0.05, 0) is 140 Å². The smallest absolute Gasteiger partial charge is 0.0159 e. The molecule has 0 heterocycles. The van der Waals surface area contributed by atoms with Crippen molar-refractivity contribution in [3.05, 3.63) is 216 Å². The molecular weight excluding hydrogens is 721 g/mol. The molecule has 0 heteroatoms. The monoisotopic (exact) mass is 764 g/mol. The fourth-order valence-corrected chi connectivity index (χ4v) is 11.1. The Bertz CT molecular complexity index is 3400. The Morgan fingerprint density at radius 1 is 0.267 bits per heavy atom. The molecule has 10 aromatic rings. The van der Waals surface area contributed by atoms with Gasteiger partial charge in [-0.1, -0.05) is 204 Å². The fraction of sp³-hybridized carbons (Fsp3) is 0.100. The van der Waals surface area contributed by atoms with Gasteiger partial charge in [-0.3, -0.25) is 0 Å². The summed E-state index contributed by atoms with van der Waals surface area (Å²) in [6.45, 7) is 9.74. The van der Waals surface area contributed by atoms with Gasteiger partial charge in [0, 0.05) is 10.8 Å². The molecule has 0 aromatic heterocycles. The van der Waals surface area contributed by atoms with E-state index in [2.05, 4.69) is 222 Å². The highest BCUT2D eigenvalue weighted by molar-refractivity contribution is 6.14. The van der Waals surface area contributed by atoms with Crippen molar-refractivity contribution in [1.29, 1.82) is 0 Å². The van der Waals surface area contributed by atoms with E-state index in [4.69, 9.17) is 0 Å². The maximum atomic E-state index is 2.56. The van der Waals surface area contributed by atoms with Crippen molar-refractivity contribution < 1.29 is 0 Å². The van der Waals surface area contributed by atoms with Crippen molar-refractivity contribution in [3.63, 3.8) is 0 Å². The van der Waals surface area contributed by atoms with Crippen LogP contribution in [0.4, 0.5) is 0 Å². The lowest BCUT2D eigenvalue weighted by atomic mass is 9.66. The summed E-state index contributed by atoms with van der Waals surface area (Å²) in [5.41, 5.74) is 20.7. The highest BCUT2D eigenvalue weighted by Gasteiger charge is 2.41. The Hall–Kier alpha value is -7.02. The minimum atomic E-state index is -0.216. The maximum absolute atomic E-state index is 2.56. The summed E-state index contributed by atoms with van der Waals surface area (Å²) < 4.78 is 0. The molecule has 2 aliphatic carbocycles. The minimum absolute atomic E-state index is 0.209. The van der Waals surface area contributed by atoms with Crippen LogP contribution in [-0.4, -0.2) is 0 Å². The third-order valence-electron chi connectivity index (χ3n) is 14.1. The molecule has 0 spiro atoms. The molecule has 0 unspecified atom stereocenters. The molecular formula is C60H44. The minimum Gasteiger partial charge on any atom is -0.0622 e. The van der Waals surface area contributed by atoms with Gasteiger partial charge < -0.3 is 0 Å². The van der Waals surface area contributed by atoms with Gasteiger partial charge in [-0.2, -0.15) is 0 Å². The van der Waals surface area contributed by atoms with E-state index in [1.807, 2.05) is 0 Å². The lowest BCUT2D eigenvalue weighted by molar-refractivity contribution is 0.644. The molecule has 0 bridgehead atoms. The first-order valence-electron chi connectivity index (χ1n) is 21.3. The van der Waals surface area contributed by atoms with Gasteiger partial charge in [-0.15, -0.1) is 0 Å². The van der Waals surface area contributed by atoms with E-state index in [0.29, 0.717) is 0 Å². The van der Waals surface area contributed by atoms with Gasteiger partial charge in [0.25, 0.3) is 0 Å². The third-order valence-corrected chi connectivity index (χ3v) is 14.1. The molecule has 0 fully saturated rings. The second kappa shape index (κ2) is 12.7. The standard InChI is InChI=1S/C60H44/c1-59(2)51-25-15-24-49-57-48-33-29-42(56-44-23-14-12-21-40(44)27-31-46(56)38-18-9-6-10-19-38)35-53(48)60(3,4)54(57)36-50(58(49)51)47-32-28-41(34-52(47)59)55-43-22-13-11-20-39(43)26-30-45(55)37-16-7-5-8-17-37/h5-36H,1-4H3. The van der Waals surface area contributed by atoms with Crippen LogP contribution < -0.4 is 0 Å². The number of benzene rings is 10. The van der Waals surface area contributed by atoms with E-state index in [9.17, 15) is 0 Å². The van der Waals surface area contributed by atoms with Gasteiger partial charge in [0.2, 0.25) is 0 Å². The zero-order valence-electron chi connectivity index (χ0n) is 34.5. The van der Waals surface area contributed by atoms with E-state index >= 15 is 0 Å². The first-order valence-corrected chi connectivity index (χ1v) is 21.3. The topological polar surface area (TPSA) is 0 Å². The van der Waals surface area contributed by atoms with Crippen LogP contribution in [0, 0.1) is 0 Å². The average Bonchev–Trinajstić information content (AvgIpc) is 3.52. The molecule has 0 N–H and O–H groups in total. The summed E-state index contributed by atoms with van der Waals surface area (Å²) in [5, 5.41) is 7.84. The highest BCUT2D eigenvalue weighted by atomic mass is 14.4. The number of hydrogen-bond acceptors (Lipinski definition) is 0. The Kier molecular flexibility index (Phi) is 7.42. The molecule has 0 radical (unpaired) electrons. The first kappa shape index (κ1) is 35.0. The molecule has 60 heavy (non-hydrogen) atoms. The molecule has 0 atom stereocenters. The number of rotatable bonds is 4. The molecule has 10 aromatic carbocycles. The van der Waals surface area contributed by atoms with Crippen LogP contribution in [0.5, 0.6) is 0 Å². The Morgan fingerprint density at radius 3 is 1.32 bits per heavy atom. The van der Waals surface area contributed by atoms with Crippen molar-refractivity contribution in [3.8, 4) is 66.8 Å². The summed E-state index contributed by atoms with van der Waals surface area (Å²) in [6.07, 6.45) is 0. The van der Waals surface area contributed by atoms with Gasteiger partial charge in [0.05, 0.1) is 0 Å². The second-order valence-corrected chi connectivity index (χ2v) is 18.0. The van der Waals surface area contributed by atoms with Gasteiger partial charge in [0.1, 0.15) is 0 Å². The van der Waals surface area contributed by atoms with Crippen molar-refractivity contribution in [2.75, 3.05) is 0 Å². The van der Waals surface area contributed by atoms with Crippen LogP contribution in [0.25, 0.3) is 99.1 Å². The van der Waals surface area contributed by atoms with E-state index in [0.717, 1.165) is 0 Å². The third kappa shape index (κ3) is 4.91. The summed E-state index contributed by atoms with van der Waals surface area (Å²) in [7, 11) is 0. The second-order valence-electron chi connectivity index (χ2n) is 18.0. The van der Waals surface area contributed by atoms with Crippen molar-refractivity contribution in [2.45, 2.75) is 38.5 Å². The Balaban J connectivity index is 1.06. The lowest BCUT2D eigenvalue weighted by Gasteiger charge is -2.36. The van der Waals surface area contributed by atoms with E-state index < -0.39 is 0 Å². The quantitative estimate of drug-likeness (QED) is 0.167. The van der Waals surface area contributed by atoms with Crippen LogP contribution >= 0.6 is 0 Å². The SMILES string of the molecule is CC1(C)c2cc(-c3c(-c4ccccc4)ccc4ccccc34)ccc2-c2c1cc1c3c(cccc23)C(C)(C)c2cc(-c3c(-c4ccccc4)ccc4ccccc34)ccc2-1. The van der Waals surface area contributed by atoms with Gasteiger partial charge >= 0.3 is 0 Å². The van der Waals surface area contributed by atoms with Crippen molar-refractivity contribution in [2.24, 2.45) is 0 Å². The summed E-state index contributed by atoms with van der Waals surface area (Å²) in [6, 6.07) is 72.9. The summed E-state index contributed by atoms with van der Waals surface area (Å²) in [4.78, 5) is 0. The maximum Gasteiger partial charge on any atom is 0.0159 e. The molecule has 0 amide bonds. The average molecular weight is 765 g/mol. The normalized spacial score (nSPS) is 14.3. The molecule has 12 rings (SSSR count). The predicted octanol–water partition coefficient (Wildman–Crippen LogP) is 16.4. The van der Waals surface area contributed by atoms with E-state index in [1.54, 1.807) is 0 Å². The number of hydrogen-bond donors (Lipinski definition) is 0. The largest absolute Gasteiger partial charge is 0.0622 e. The zero-order valence-corrected chi connectivity index (χ0v) is 34.5. The molecule has 0 aliphatic heterocycles. The lowest BCUT2D eigenvalue weighted by Crippen LogP contribution is -2.24. The molecule has 0 saturated heterocycles. The fourth-order valence-electron chi connectivity index (χ4n) is 11.1. The zero-order chi connectivity index (χ0) is 40.3. The van der Waals surface area contributed by atoms with Crippen LogP contribution in [0.15, 0.2) is 194 Å². The van der Waals surface area contributed by atoms with Gasteiger partial charge in [0.15, 0.2) is 0 Å². The molecule has 2 aliphatic rings. The highest BCUT2D eigenvalue weighted by Crippen LogP contribution is 2.58. The van der Waals surface area contributed by atoms with Crippen LogP contribution in [-0.2, 0) is 10.8 Å². The predicted molar refractivity (Wildman–Crippen MR) is 256 cm³/mol. The Labute approximate surface area is 352 Å². The first-order chi connectivity index (χ1) is 29.3. The van der Waals surface area contributed by atoms with Crippen molar-refractivity contribution in [1.82, 2.24) is 0 Å². The molecule has 0 saturated carbocycles. The molecule has 284 valence electrons. The van der Waals surface area contributed by atoms with Crippen LogP contribution in [0.3, 0.4) is 0 Å². The van der Waals surface area contributed by atoms with E-state index in [-0.39, 0.29) is 10.8 Å². The Morgan fingerprint density at radius 2 is 0.733 bits per heavy atom. The number of fused-ring (bicyclic) bond motifs is 8. The molecule has 0 nitrogen and oxygen atoms in total. The van der Waals surface area contributed by atoms with E-state index in [1.165, 1.54) is 121 Å². The van der Waals surface area contributed by atoms with Crippen LogP contribution in [0.2, 0.25) is 0 Å². The summed E-state index contributed by atoms with van der Waals surface area (Å²) in [5.74, 6) is 0. The summed E-state index contributed by atoms with van der Waals surface area (Å²) >= 11 is 0. The van der Waals surface area contributed by atoms with Gasteiger partial charge in [-0.25, -0.2) is 0 Å². The van der Waals surface area contributed by atoms with Crippen molar-refractivity contribution >= 4 is 32.3 Å².